The van der Waals surface area contributed by atoms with E-state index in [1.807, 2.05) is 42.5 Å². The van der Waals surface area contributed by atoms with Gasteiger partial charge in [-0.2, -0.15) is 4.39 Å². The van der Waals surface area contributed by atoms with Crippen LogP contribution in [0, 0.1) is 11.9 Å². The molecule has 4 rings (SSSR count). The number of unbranched alkanes of at least 4 members (excludes halogenated alkanes) is 1. The molecular formula is C51H58FN7O16. The molecule has 0 aliphatic rings. The van der Waals surface area contributed by atoms with E-state index in [1.54, 1.807) is 0 Å². The number of halogens is 1. The van der Waals surface area contributed by atoms with Crippen LogP contribution in [0.15, 0.2) is 85.1 Å². The van der Waals surface area contributed by atoms with Gasteiger partial charge in [0.2, 0.25) is 23.7 Å². The van der Waals surface area contributed by atoms with E-state index < -0.39 is 127 Å². The first-order valence-corrected chi connectivity index (χ1v) is 23.7. The number of nitrogens with one attached hydrogen (secondary N) is 6. The molecular weight excluding hydrogens is 986 g/mol. The number of aliphatic carboxylic acids is 5. The third-order valence-corrected chi connectivity index (χ3v) is 11.7. The van der Waals surface area contributed by atoms with Gasteiger partial charge in [0.25, 0.3) is 5.91 Å². The van der Waals surface area contributed by atoms with E-state index in [0.29, 0.717) is 11.1 Å². The number of hydrogen-bond acceptors (Lipinski definition) is 12. The number of pyridine rings is 1. The molecule has 11 N–H and O–H groups in total. The van der Waals surface area contributed by atoms with Crippen LogP contribution in [0.3, 0.4) is 0 Å². The molecule has 1 aromatic heterocycles. The van der Waals surface area contributed by atoms with E-state index >= 15 is 0 Å². The number of amides is 6. The van der Waals surface area contributed by atoms with E-state index in [4.69, 9.17) is 5.11 Å². The van der Waals surface area contributed by atoms with E-state index in [0.717, 1.165) is 29.1 Å². The van der Waals surface area contributed by atoms with Crippen LogP contribution < -0.4 is 31.9 Å². The number of benzene rings is 3. The van der Waals surface area contributed by atoms with Crippen molar-refractivity contribution in [2.45, 2.75) is 108 Å². The Kier molecular flexibility index (Phi) is 23.2. The molecule has 23 nitrogen and oxygen atoms in total. The van der Waals surface area contributed by atoms with Crippen LogP contribution in [0.5, 0.6) is 0 Å². The van der Waals surface area contributed by atoms with E-state index in [-0.39, 0.29) is 75.6 Å². The first-order valence-electron chi connectivity index (χ1n) is 23.7. The highest BCUT2D eigenvalue weighted by atomic mass is 19.1. The van der Waals surface area contributed by atoms with Gasteiger partial charge in [0.1, 0.15) is 24.2 Å². The van der Waals surface area contributed by atoms with Crippen molar-refractivity contribution in [1.29, 1.82) is 0 Å². The fourth-order valence-electron chi connectivity index (χ4n) is 7.61. The predicted octanol–water partition coefficient (Wildman–Crippen LogP) is 3.18. The first-order chi connectivity index (χ1) is 35.7. The van der Waals surface area contributed by atoms with Crippen LogP contribution in [0.25, 0.3) is 10.8 Å². The van der Waals surface area contributed by atoms with Gasteiger partial charge >= 0.3 is 35.9 Å². The molecule has 0 aliphatic heterocycles. The minimum Gasteiger partial charge on any atom is -0.481 e. The summed E-state index contributed by atoms with van der Waals surface area (Å²) in [6.45, 7) is -0.101. The second-order valence-electron chi connectivity index (χ2n) is 17.4. The van der Waals surface area contributed by atoms with Crippen LogP contribution in [-0.4, -0.2) is 127 Å². The molecule has 0 aliphatic carbocycles. The standard InChI is InChI=1S/C51H58FN7O16/c52-41-20-17-35(28-54-41)40(60)26-34(18-21-43(63)64)46(68)56-36(9-5-10-42(61)62)47(69)55-27-29-11-15-32(16-12-29)45(67)57-39(25-30-13-14-31-6-1-2-7-33(31)24-30)48(70)53-23-4-3-8-37(49(71)72)58-51(75)59-38(50(73)74)19-22-44(65)66/h1-2,6-7,11-17,20,24,28,34,36-39H,3-5,8-10,18-19,21-23,25-27H2,(H,53,70)(H,55,69)(H,56,68)(H,57,67)(H,61,62)(H,63,64)(H,65,66)(H,71,72)(H,73,74)(H2,58,59,75)/t34-,36+,37+,38+,39?/m1/s1. The van der Waals surface area contributed by atoms with Crippen LogP contribution >= 0.6 is 0 Å². The van der Waals surface area contributed by atoms with Gasteiger partial charge in [-0.15, -0.1) is 0 Å². The quantitative estimate of drug-likeness (QED) is 0.0190. The van der Waals surface area contributed by atoms with Gasteiger partial charge in [-0.05, 0) is 91.1 Å². The molecule has 0 bridgehead atoms. The number of Topliss-reactive ketones (excluding diaryl/α,β-unsaturated/α-hetero) is 1. The maximum atomic E-state index is 13.7. The number of carbonyl (C=O) groups is 11. The number of fused-ring (bicyclic) bond motifs is 1. The Morgan fingerprint density at radius 2 is 1.11 bits per heavy atom. The summed E-state index contributed by atoms with van der Waals surface area (Å²) in [5.41, 5.74) is 1.31. The Balaban J connectivity index is 1.39. The van der Waals surface area contributed by atoms with Crippen LogP contribution in [-0.2, 0) is 51.3 Å². The number of ketones is 1. The zero-order valence-corrected chi connectivity index (χ0v) is 40.4. The summed E-state index contributed by atoms with van der Waals surface area (Å²) >= 11 is 0. The summed E-state index contributed by atoms with van der Waals surface area (Å²) in [6, 6.07) is 14.5. The van der Waals surface area contributed by atoms with E-state index in [9.17, 15) is 77.6 Å². The first kappa shape index (κ1) is 58.7. The number of nitrogens with zero attached hydrogens (tertiary/aromatic N) is 1. The Hall–Kier alpha value is -8.83. The third kappa shape index (κ3) is 20.7. The van der Waals surface area contributed by atoms with Gasteiger partial charge in [-0.3, -0.25) is 38.4 Å². The minimum atomic E-state index is -1.58. The van der Waals surface area contributed by atoms with Gasteiger partial charge in [-0.1, -0.05) is 54.6 Å². The van der Waals surface area contributed by atoms with Crippen molar-refractivity contribution in [1.82, 2.24) is 36.9 Å². The van der Waals surface area contributed by atoms with Gasteiger partial charge in [0.05, 0.1) is 0 Å². The van der Waals surface area contributed by atoms with Gasteiger partial charge in [0, 0.05) is 68.4 Å². The fourth-order valence-corrected chi connectivity index (χ4v) is 7.61. The number of carbonyl (C=O) groups excluding carboxylic acids is 6. The maximum absolute atomic E-state index is 13.7. The normalized spacial score (nSPS) is 12.9. The molecule has 0 saturated heterocycles. The minimum absolute atomic E-state index is 0.0257. The average Bonchev–Trinajstić information content (AvgIpc) is 3.36. The molecule has 0 fully saturated rings. The van der Waals surface area contributed by atoms with Crippen molar-refractivity contribution >= 4 is 76.1 Å². The number of carboxylic acid groups (broad SMARTS) is 5. The zero-order valence-electron chi connectivity index (χ0n) is 40.4. The number of carboxylic acids is 5. The van der Waals surface area contributed by atoms with Crippen LogP contribution in [0.2, 0.25) is 0 Å². The lowest BCUT2D eigenvalue weighted by atomic mass is 9.93. The molecule has 3 aromatic carbocycles. The van der Waals surface area contributed by atoms with Crippen LogP contribution in [0.4, 0.5) is 9.18 Å². The average molecular weight is 1040 g/mol. The second kappa shape index (κ2) is 29.6. The lowest BCUT2D eigenvalue weighted by Crippen LogP contribution is -2.51. The number of hydrogen-bond donors (Lipinski definition) is 11. The van der Waals surface area contributed by atoms with Crippen molar-refractivity contribution < 1.29 is 82.7 Å². The summed E-state index contributed by atoms with van der Waals surface area (Å²) in [4.78, 5) is 140. The smallest absolute Gasteiger partial charge is 0.326 e. The molecule has 1 unspecified atom stereocenters. The van der Waals surface area contributed by atoms with Crippen molar-refractivity contribution in [3.63, 3.8) is 0 Å². The van der Waals surface area contributed by atoms with Crippen LogP contribution in [0.1, 0.15) is 102 Å². The number of rotatable bonds is 32. The largest absolute Gasteiger partial charge is 0.481 e. The fraction of sp³-hybridized carbons (Fsp3) is 0.373. The van der Waals surface area contributed by atoms with E-state index in [2.05, 4.69) is 36.9 Å². The molecule has 6 amide bonds. The Morgan fingerprint density at radius 3 is 1.73 bits per heavy atom. The van der Waals surface area contributed by atoms with Crippen molar-refractivity contribution in [3.8, 4) is 0 Å². The highest BCUT2D eigenvalue weighted by Crippen LogP contribution is 2.19. The van der Waals surface area contributed by atoms with Gasteiger partial charge in [-0.25, -0.2) is 19.4 Å². The van der Waals surface area contributed by atoms with Crippen molar-refractivity contribution in [2.75, 3.05) is 6.54 Å². The topological polar surface area (TPSA) is 374 Å². The van der Waals surface area contributed by atoms with Gasteiger partial charge in [0.15, 0.2) is 5.78 Å². The van der Waals surface area contributed by atoms with Gasteiger partial charge < -0.3 is 57.4 Å². The Bertz CT molecular complexity index is 2700. The Labute approximate surface area is 428 Å². The monoisotopic (exact) mass is 1040 g/mol. The summed E-state index contributed by atoms with van der Waals surface area (Å²) in [6.07, 6.45) is -1.49. The molecule has 1 heterocycles. The number of aromatic nitrogens is 1. The SMILES string of the molecule is O=C(O)CCC[C@H](NC(=O)[C@H](CCC(=O)O)CC(=O)c1ccc(F)nc1)C(=O)NCc1ccc(C(=O)NC(Cc2ccc3ccccc3c2)C(=O)NCCCC[C@H](NC(=O)N[C@@H](CCC(=O)O)C(=O)O)C(=O)O)cc1. The highest BCUT2D eigenvalue weighted by Gasteiger charge is 2.30. The lowest BCUT2D eigenvalue weighted by Gasteiger charge is -2.22. The molecule has 4 aromatic rings. The Morgan fingerprint density at radius 1 is 0.520 bits per heavy atom. The zero-order chi connectivity index (χ0) is 55.0. The molecule has 0 spiro atoms. The molecule has 75 heavy (non-hydrogen) atoms. The summed E-state index contributed by atoms with van der Waals surface area (Å²) in [5.74, 6) is -12.1. The van der Waals surface area contributed by atoms with Crippen molar-refractivity contribution in [3.05, 3.63) is 113 Å². The lowest BCUT2D eigenvalue weighted by molar-refractivity contribution is -0.141. The molecule has 5 atom stereocenters. The highest BCUT2D eigenvalue weighted by molar-refractivity contribution is 5.99. The maximum Gasteiger partial charge on any atom is 0.326 e. The summed E-state index contributed by atoms with van der Waals surface area (Å²) < 4.78 is 13.4. The second-order valence-corrected chi connectivity index (χ2v) is 17.4. The van der Waals surface area contributed by atoms with E-state index in [1.165, 1.54) is 24.3 Å². The predicted molar refractivity (Wildman–Crippen MR) is 262 cm³/mol. The third-order valence-electron chi connectivity index (χ3n) is 11.7. The van der Waals surface area contributed by atoms with Crippen molar-refractivity contribution in [2.24, 2.45) is 5.92 Å². The molecule has 0 radical (unpaired) electrons. The molecule has 0 saturated carbocycles. The number of urea groups is 1. The summed E-state index contributed by atoms with van der Waals surface area (Å²) in [7, 11) is 0. The molecule has 24 heteroatoms. The molecule has 400 valence electrons. The summed E-state index contributed by atoms with van der Waals surface area (Å²) in [5, 5.41) is 63.1.